The summed E-state index contributed by atoms with van der Waals surface area (Å²) in [4.78, 5) is 23.7. The Kier molecular flexibility index (Phi) is 4.87. The predicted molar refractivity (Wildman–Crippen MR) is 83.4 cm³/mol. The zero-order valence-corrected chi connectivity index (χ0v) is 12.9. The molecule has 126 valence electrons. The minimum Gasteiger partial charge on any atom is -0.508 e. The lowest BCUT2D eigenvalue weighted by Crippen LogP contribution is -2.37. The maximum atomic E-state index is 12.1. The normalized spacial score (nSPS) is 11.1. The smallest absolute Gasteiger partial charge is 0.313 e. The van der Waals surface area contributed by atoms with Gasteiger partial charge in [0.1, 0.15) is 17.1 Å². The number of ketones is 1. The fourth-order valence-corrected chi connectivity index (χ4v) is 2.39. The summed E-state index contributed by atoms with van der Waals surface area (Å²) in [7, 11) is 1.00. The van der Waals surface area contributed by atoms with Crippen LogP contribution in [0.2, 0.25) is 0 Å². The van der Waals surface area contributed by atoms with Gasteiger partial charge in [-0.1, -0.05) is 24.3 Å². The first-order valence-electron chi connectivity index (χ1n) is 7.05. The molecule has 0 heterocycles. The van der Waals surface area contributed by atoms with Crippen molar-refractivity contribution in [2.75, 3.05) is 7.05 Å². The molecule has 0 aromatic heterocycles. The average molecular weight is 331 g/mol. The quantitative estimate of drug-likeness (QED) is 0.371. The third-order valence-electron chi connectivity index (χ3n) is 3.60. The Balaban J connectivity index is 2.53. The number of hydrogen-bond donors (Lipinski definition) is 4. The summed E-state index contributed by atoms with van der Waals surface area (Å²) >= 11 is 0. The van der Waals surface area contributed by atoms with Crippen LogP contribution < -0.4 is 0 Å². The van der Waals surface area contributed by atoms with Crippen LogP contribution in [0.15, 0.2) is 48.5 Å². The van der Waals surface area contributed by atoms with E-state index in [1.807, 2.05) is 0 Å². The third kappa shape index (κ3) is 3.53. The van der Waals surface area contributed by atoms with Crippen molar-refractivity contribution in [3.8, 4) is 11.5 Å². The molecule has 0 aliphatic heterocycles. The molecule has 2 rings (SSSR count). The van der Waals surface area contributed by atoms with Gasteiger partial charge in [-0.05, 0) is 35.4 Å². The van der Waals surface area contributed by atoms with E-state index in [0.29, 0.717) is 0 Å². The van der Waals surface area contributed by atoms with Gasteiger partial charge in [0.2, 0.25) is 5.78 Å². The number of carbonyl (C=O) groups excluding carboxylic acids is 2. The zero-order valence-electron chi connectivity index (χ0n) is 12.9. The van der Waals surface area contributed by atoms with Crippen molar-refractivity contribution in [3.05, 3.63) is 59.7 Å². The second-order valence-electron chi connectivity index (χ2n) is 5.39. The zero-order chi connectivity index (χ0) is 17.9. The van der Waals surface area contributed by atoms with Gasteiger partial charge in [0.05, 0.1) is 6.42 Å². The van der Waals surface area contributed by atoms with Crippen molar-refractivity contribution >= 4 is 11.7 Å². The number of hydrogen-bond acceptors (Lipinski definition) is 6. The Morgan fingerprint density at radius 2 is 1.46 bits per heavy atom. The maximum Gasteiger partial charge on any atom is 0.313 e. The van der Waals surface area contributed by atoms with Crippen molar-refractivity contribution in [1.29, 1.82) is 0 Å². The van der Waals surface area contributed by atoms with Gasteiger partial charge in [0.15, 0.2) is 0 Å². The van der Waals surface area contributed by atoms with Crippen LogP contribution in [0.5, 0.6) is 11.5 Å². The molecular weight excluding hydrogens is 314 g/mol. The number of phenolic OH excluding ortho intramolecular Hbond substituents is 2. The van der Waals surface area contributed by atoms with Gasteiger partial charge in [0.25, 0.3) is 0 Å². The highest BCUT2D eigenvalue weighted by atomic mass is 16.5. The van der Waals surface area contributed by atoms with E-state index in [2.05, 4.69) is 0 Å². The number of benzene rings is 2. The minimum absolute atomic E-state index is 0.133. The fraction of sp³-hybridized carbons (Fsp3) is 0.176. The SMILES string of the molecule is CN(O)C(=O)C(=O)CC(O)(c1cccc(O)c1)c1cccc(O)c1. The number of nitrogens with zero attached hydrogens (tertiary/aromatic N) is 1. The Morgan fingerprint density at radius 1 is 1.00 bits per heavy atom. The second kappa shape index (κ2) is 6.69. The molecule has 7 nitrogen and oxygen atoms in total. The molecular formula is C17H17NO6. The molecule has 0 spiro atoms. The highest BCUT2D eigenvalue weighted by molar-refractivity contribution is 6.35. The lowest BCUT2D eigenvalue weighted by molar-refractivity contribution is -0.166. The molecule has 0 radical (unpaired) electrons. The van der Waals surface area contributed by atoms with Crippen molar-refractivity contribution in [2.45, 2.75) is 12.0 Å². The molecule has 7 heteroatoms. The van der Waals surface area contributed by atoms with Crippen LogP contribution in [0, 0.1) is 0 Å². The molecule has 0 unspecified atom stereocenters. The standard InChI is InChI=1S/C17H17NO6/c1-18(24)16(22)15(21)10-17(23,11-4-2-6-13(19)8-11)12-5-3-7-14(20)9-12/h2-9,19-20,23-24H,10H2,1H3. The first kappa shape index (κ1) is 17.5. The fourth-order valence-electron chi connectivity index (χ4n) is 2.39. The van der Waals surface area contributed by atoms with E-state index >= 15 is 0 Å². The lowest BCUT2D eigenvalue weighted by atomic mass is 9.82. The number of phenols is 2. The van der Waals surface area contributed by atoms with Crippen molar-refractivity contribution in [1.82, 2.24) is 5.06 Å². The first-order valence-corrected chi connectivity index (χ1v) is 7.05. The number of amides is 1. The van der Waals surface area contributed by atoms with E-state index in [1.165, 1.54) is 48.5 Å². The van der Waals surface area contributed by atoms with Gasteiger partial charge in [-0.2, -0.15) is 0 Å². The Hall–Kier alpha value is -2.90. The molecule has 0 saturated heterocycles. The Morgan fingerprint density at radius 3 is 1.83 bits per heavy atom. The largest absolute Gasteiger partial charge is 0.508 e. The molecule has 1 amide bonds. The third-order valence-corrected chi connectivity index (χ3v) is 3.60. The van der Waals surface area contributed by atoms with Gasteiger partial charge >= 0.3 is 5.91 Å². The summed E-state index contributed by atoms with van der Waals surface area (Å²) in [6.07, 6.45) is -0.677. The highest BCUT2D eigenvalue weighted by Crippen LogP contribution is 2.36. The summed E-state index contributed by atoms with van der Waals surface area (Å²) in [5.74, 6) is -2.49. The van der Waals surface area contributed by atoms with Crippen molar-refractivity contribution < 1.29 is 30.1 Å². The van der Waals surface area contributed by atoms with Crippen LogP contribution in [0.1, 0.15) is 17.5 Å². The highest BCUT2D eigenvalue weighted by Gasteiger charge is 2.37. The predicted octanol–water partition coefficient (Wildman–Crippen LogP) is 1.14. The number of Topliss-reactive ketones (excluding diaryl/α,β-unsaturated/α-hetero) is 1. The van der Waals surface area contributed by atoms with Crippen LogP contribution in [-0.4, -0.2) is 44.3 Å². The van der Waals surface area contributed by atoms with Gasteiger partial charge < -0.3 is 15.3 Å². The van der Waals surface area contributed by atoms with Crippen molar-refractivity contribution in [3.63, 3.8) is 0 Å². The molecule has 2 aromatic carbocycles. The molecule has 0 aliphatic carbocycles. The minimum atomic E-state index is -1.97. The Bertz CT molecular complexity index is 726. The van der Waals surface area contributed by atoms with Crippen LogP contribution in [0.3, 0.4) is 0 Å². The lowest BCUT2D eigenvalue weighted by Gasteiger charge is -2.29. The monoisotopic (exact) mass is 331 g/mol. The number of likely N-dealkylation sites (N-methyl/N-ethyl adjacent to an activating group) is 1. The summed E-state index contributed by atoms with van der Waals surface area (Å²) < 4.78 is 0. The van der Waals surface area contributed by atoms with Crippen LogP contribution in [-0.2, 0) is 15.2 Å². The number of rotatable bonds is 5. The van der Waals surface area contributed by atoms with Crippen LogP contribution in [0.25, 0.3) is 0 Å². The summed E-state index contributed by atoms with van der Waals surface area (Å²) in [6.45, 7) is 0. The molecule has 24 heavy (non-hydrogen) atoms. The number of aromatic hydroxyl groups is 2. The van der Waals surface area contributed by atoms with Crippen LogP contribution in [0.4, 0.5) is 0 Å². The summed E-state index contributed by atoms with van der Waals surface area (Å²) in [6, 6.07) is 11.2. The molecule has 0 aliphatic rings. The maximum absolute atomic E-state index is 12.1. The van der Waals surface area contributed by atoms with Gasteiger partial charge in [-0.25, -0.2) is 5.06 Å². The van der Waals surface area contributed by atoms with E-state index in [4.69, 9.17) is 5.21 Å². The molecule has 0 saturated carbocycles. The van der Waals surface area contributed by atoms with E-state index in [-0.39, 0.29) is 27.7 Å². The number of carbonyl (C=O) groups is 2. The number of aliphatic hydroxyl groups is 1. The van der Waals surface area contributed by atoms with Gasteiger partial charge in [0, 0.05) is 7.05 Å². The summed E-state index contributed by atoms with van der Waals surface area (Å²) in [5.41, 5.74) is -1.65. The van der Waals surface area contributed by atoms with E-state index < -0.39 is 23.7 Å². The van der Waals surface area contributed by atoms with E-state index in [1.54, 1.807) is 0 Å². The molecule has 0 atom stereocenters. The van der Waals surface area contributed by atoms with Gasteiger partial charge in [-0.3, -0.25) is 14.8 Å². The molecule has 4 N–H and O–H groups in total. The molecule has 2 aromatic rings. The number of hydroxylamine groups is 2. The topological polar surface area (TPSA) is 118 Å². The van der Waals surface area contributed by atoms with E-state index in [0.717, 1.165) is 7.05 Å². The van der Waals surface area contributed by atoms with Crippen LogP contribution >= 0.6 is 0 Å². The second-order valence-corrected chi connectivity index (χ2v) is 5.39. The van der Waals surface area contributed by atoms with Crippen molar-refractivity contribution in [2.24, 2.45) is 0 Å². The molecule has 0 bridgehead atoms. The summed E-state index contributed by atoms with van der Waals surface area (Å²) in [5, 5.41) is 39.7. The Labute approximate surface area is 138 Å². The molecule has 0 fully saturated rings. The van der Waals surface area contributed by atoms with E-state index in [9.17, 15) is 24.9 Å². The first-order chi connectivity index (χ1) is 11.2. The average Bonchev–Trinajstić information content (AvgIpc) is 2.53. The van der Waals surface area contributed by atoms with Gasteiger partial charge in [-0.15, -0.1) is 0 Å².